The minimum absolute atomic E-state index is 0.00103. The maximum absolute atomic E-state index is 12.3. The minimum Gasteiger partial charge on any atom is -0.465 e. The maximum Gasteiger partial charge on any atom is 0.339 e. The maximum atomic E-state index is 12.3. The van der Waals surface area contributed by atoms with E-state index in [1.807, 2.05) is 0 Å². The van der Waals surface area contributed by atoms with Crippen LogP contribution in [0.1, 0.15) is 22.8 Å². The number of amides is 1. The molecule has 6 nitrogen and oxygen atoms in total. The summed E-state index contributed by atoms with van der Waals surface area (Å²) in [5.74, 6) is -1.00. The van der Waals surface area contributed by atoms with Gasteiger partial charge in [-0.15, -0.1) is 0 Å². The van der Waals surface area contributed by atoms with E-state index in [1.54, 1.807) is 48.5 Å². The Kier molecular flexibility index (Phi) is 5.68. The quantitative estimate of drug-likeness (QED) is 0.674. The van der Waals surface area contributed by atoms with E-state index in [4.69, 9.17) is 9.47 Å². The molecule has 2 aromatic rings. The summed E-state index contributed by atoms with van der Waals surface area (Å²) in [5, 5.41) is 2.67. The van der Waals surface area contributed by atoms with Gasteiger partial charge in [0.1, 0.15) is 5.75 Å². The Balaban J connectivity index is 2.15. The van der Waals surface area contributed by atoms with Crippen LogP contribution in [0.2, 0.25) is 0 Å². The smallest absolute Gasteiger partial charge is 0.339 e. The number of esters is 2. The second-order valence-corrected chi connectivity index (χ2v) is 4.96. The fourth-order valence-corrected chi connectivity index (χ4v) is 2.15. The third-order valence-corrected chi connectivity index (χ3v) is 3.18. The molecule has 0 aliphatic heterocycles. The SMILES string of the molecule is COC(=O)c1ccccc1NC(=O)Cc1ccccc1OC(C)=O. The fraction of sp³-hybridized carbons (Fsp3) is 0.167. The molecular weight excluding hydrogens is 310 g/mol. The summed E-state index contributed by atoms with van der Waals surface area (Å²) in [6.07, 6.45) is -0.00103. The van der Waals surface area contributed by atoms with Gasteiger partial charge in [-0.2, -0.15) is 0 Å². The van der Waals surface area contributed by atoms with Gasteiger partial charge in [0.05, 0.1) is 24.8 Å². The Morgan fingerprint density at radius 2 is 1.67 bits per heavy atom. The average Bonchev–Trinajstić information content (AvgIpc) is 2.56. The van der Waals surface area contributed by atoms with E-state index < -0.39 is 11.9 Å². The highest BCUT2D eigenvalue weighted by molar-refractivity contribution is 6.01. The number of hydrogen-bond acceptors (Lipinski definition) is 5. The van der Waals surface area contributed by atoms with Crippen molar-refractivity contribution in [2.24, 2.45) is 0 Å². The van der Waals surface area contributed by atoms with Gasteiger partial charge in [-0.25, -0.2) is 4.79 Å². The molecular formula is C18H17NO5. The van der Waals surface area contributed by atoms with Crippen molar-refractivity contribution in [3.05, 3.63) is 59.7 Å². The van der Waals surface area contributed by atoms with Gasteiger partial charge < -0.3 is 14.8 Å². The lowest BCUT2D eigenvalue weighted by atomic mass is 10.1. The van der Waals surface area contributed by atoms with E-state index in [0.29, 0.717) is 17.0 Å². The third-order valence-electron chi connectivity index (χ3n) is 3.18. The van der Waals surface area contributed by atoms with Crippen molar-refractivity contribution >= 4 is 23.5 Å². The molecule has 0 heterocycles. The second-order valence-electron chi connectivity index (χ2n) is 4.96. The van der Waals surface area contributed by atoms with Crippen LogP contribution in [0.4, 0.5) is 5.69 Å². The highest BCUT2D eigenvalue weighted by Crippen LogP contribution is 2.20. The Hall–Kier alpha value is -3.15. The van der Waals surface area contributed by atoms with Gasteiger partial charge in [-0.3, -0.25) is 9.59 Å². The van der Waals surface area contributed by atoms with Crippen LogP contribution in [-0.4, -0.2) is 25.0 Å². The zero-order chi connectivity index (χ0) is 17.5. The van der Waals surface area contributed by atoms with E-state index in [1.165, 1.54) is 14.0 Å². The van der Waals surface area contributed by atoms with Crippen molar-refractivity contribution in [3.63, 3.8) is 0 Å². The number of benzene rings is 2. The molecule has 0 saturated carbocycles. The molecule has 2 aromatic carbocycles. The summed E-state index contributed by atoms with van der Waals surface area (Å²) in [7, 11) is 1.27. The highest BCUT2D eigenvalue weighted by Gasteiger charge is 2.15. The number of carbonyl (C=O) groups is 3. The molecule has 0 spiro atoms. The second kappa shape index (κ2) is 7.92. The number of carbonyl (C=O) groups excluding carboxylic acids is 3. The first-order valence-electron chi connectivity index (χ1n) is 7.24. The van der Waals surface area contributed by atoms with Crippen LogP contribution in [0.5, 0.6) is 5.75 Å². The normalized spacial score (nSPS) is 9.92. The molecule has 1 amide bonds. The molecule has 0 unspecified atom stereocenters. The van der Waals surface area contributed by atoms with Crippen molar-refractivity contribution in [3.8, 4) is 5.75 Å². The zero-order valence-electron chi connectivity index (χ0n) is 13.4. The summed E-state index contributed by atoms with van der Waals surface area (Å²) in [6, 6.07) is 13.3. The Bertz CT molecular complexity index is 770. The number of ether oxygens (including phenoxy) is 2. The number of rotatable bonds is 5. The van der Waals surface area contributed by atoms with Gasteiger partial charge in [0, 0.05) is 12.5 Å². The first-order valence-corrected chi connectivity index (χ1v) is 7.24. The molecule has 24 heavy (non-hydrogen) atoms. The number of anilines is 1. The number of hydrogen-bond donors (Lipinski definition) is 1. The van der Waals surface area contributed by atoms with Crippen LogP contribution < -0.4 is 10.1 Å². The average molecular weight is 327 g/mol. The minimum atomic E-state index is -0.536. The molecule has 2 rings (SSSR count). The molecule has 0 aliphatic carbocycles. The Labute approximate surface area is 139 Å². The lowest BCUT2D eigenvalue weighted by molar-refractivity contribution is -0.132. The first-order chi connectivity index (χ1) is 11.5. The van der Waals surface area contributed by atoms with Crippen molar-refractivity contribution in [1.82, 2.24) is 0 Å². The molecule has 6 heteroatoms. The van der Waals surface area contributed by atoms with Crippen LogP contribution in [-0.2, 0) is 20.7 Å². The molecule has 124 valence electrons. The molecule has 1 N–H and O–H groups in total. The van der Waals surface area contributed by atoms with Gasteiger partial charge in [0.15, 0.2) is 0 Å². The van der Waals surface area contributed by atoms with E-state index >= 15 is 0 Å². The summed E-state index contributed by atoms with van der Waals surface area (Å²) in [4.78, 5) is 35.1. The molecule has 0 aromatic heterocycles. The third kappa shape index (κ3) is 4.42. The van der Waals surface area contributed by atoms with Crippen molar-refractivity contribution < 1.29 is 23.9 Å². The summed E-state index contributed by atoms with van der Waals surface area (Å²) < 4.78 is 9.77. The Morgan fingerprint density at radius 3 is 2.38 bits per heavy atom. The molecule has 0 radical (unpaired) electrons. The first kappa shape index (κ1) is 17.2. The predicted molar refractivity (Wildman–Crippen MR) is 87.9 cm³/mol. The Morgan fingerprint density at radius 1 is 1.00 bits per heavy atom. The number of nitrogens with one attached hydrogen (secondary N) is 1. The van der Waals surface area contributed by atoms with Crippen LogP contribution in [0.25, 0.3) is 0 Å². The van der Waals surface area contributed by atoms with Gasteiger partial charge in [0.2, 0.25) is 5.91 Å². The zero-order valence-corrected chi connectivity index (χ0v) is 13.4. The molecule has 0 atom stereocenters. The number of para-hydroxylation sites is 2. The summed E-state index contributed by atoms with van der Waals surface area (Å²) >= 11 is 0. The van der Waals surface area contributed by atoms with Gasteiger partial charge in [-0.05, 0) is 18.2 Å². The van der Waals surface area contributed by atoms with Gasteiger partial charge >= 0.3 is 11.9 Å². The van der Waals surface area contributed by atoms with Crippen LogP contribution >= 0.6 is 0 Å². The highest BCUT2D eigenvalue weighted by atomic mass is 16.5. The predicted octanol–water partition coefficient (Wildman–Crippen LogP) is 2.58. The lowest BCUT2D eigenvalue weighted by Gasteiger charge is -2.11. The molecule has 0 fully saturated rings. The molecule has 0 bridgehead atoms. The van der Waals surface area contributed by atoms with Crippen molar-refractivity contribution in [1.29, 1.82) is 0 Å². The standard InChI is InChI=1S/C18H17NO5/c1-12(20)24-16-10-6-3-7-13(16)11-17(21)19-15-9-5-4-8-14(15)18(22)23-2/h3-10H,11H2,1-2H3,(H,19,21). The molecule has 0 aliphatic rings. The van der Waals surface area contributed by atoms with Crippen molar-refractivity contribution in [2.75, 3.05) is 12.4 Å². The van der Waals surface area contributed by atoms with E-state index in [-0.39, 0.29) is 17.9 Å². The van der Waals surface area contributed by atoms with Crippen LogP contribution in [0.15, 0.2) is 48.5 Å². The van der Waals surface area contributed by atoms with Gasteiger partial charge in [-0.1, -0.05) is 30.3 Å². The molecule has 0 saturated heterocycles. The van der Waals surface area contributed by atoms with Crippen LogP contribution in [0.3, 0.4) is 0 Å². The lowest BCUT2D eigenvalue weighted by Crippen LogP contribution is -2.18. The number of methoxy groups -OCH3 is 1. The monoisotopic (exact) mass is 327 g/mol. The van der Waals surface area contributed by atoms with Crippen molar-refractivity contribution in [2.45, 2.75) is 13.3 Å². The van der Waals surface area contributed by atoms with E-state index in [2.05, 4.69) is 5.32 Å². The van der Waals surface area contributed by atoms with E-state index in [9.17, 15) is 14.4 Å². The van der Waals surface area contributed by atoms with Crippen LogP contribution in [0, 0.1) is 0 Å². The fourth-order valence-electron chi connectivity index (χ4n) is 2.15. The summed E-state index contributed by atoms with van der Waals surface area (Å²) in [6.45, 7) is 1.30. The van der Waals surface area contributed by atoms with E-state index in [0.717, 1.165) is 0 Å². The topological polar surface area (TPSA) is 81.7 Å². The largest absolute Gasteiger partial charge is 0.465 e. The summed E-state index contributed by atoms with van der Waals surface area (Å²) in [5.41, 5.74) is 1.20. The van der Waals surface area contributed by atoms with Gasteiger partial charge in [0.25, 0.3) is 0 Å².